The fourth-order valence-electron chi connectivity index (χ4n) is 1.66. The molecule has 0 heterocycles. The highest BCUT2D eigenvalue weighted by molar-refractivity contribution is 14.1. The minimum Gasteiger partial charge on any atom is -0.348 e. The third kappa shape index (κ3) is 3.97. The van der Waals surface area contributed by atoms with Gasteiger partial charge in [-0.05, 0) is 58.0 Å². The van der Waals surface area contributed by atoms with Crippen molar-refractivity contribution in [3.05, 3.63) is 73.7 Å². The number of hydrogen-bond donors (Lipinski definition) is 1. The van der Waals surface area contributed by atoms with Gasteiger partial charge in [-0.3, -0.25) is 4.79 Å². The molecular formula is C14H11IN4O. The fraction of sp³-hybridized carbons (Fsp3) is 0.0714. The SMILES string of the molecule is [N-]=[N+]=Nc1ccc(C(=O)NCc2cccc(I)c2)cc1. The summed E-state index contributed by atoms with van der Waals surface area (Å²) in [4.78, 5) is 14.6. The van der Waals surface area contributed by atoms with E-state index in [1.807, 2.05) is 24.3 Å². The van der Waals surface area contributed by atoms with Crippen LogP contribution in [0, 0.1) is 3.57 Å². The summed E-state index contributed by atoms with van der Waals surface area (Å²) in [5.41, 5.74) is 10.4. The molecule has 0 bridgehead atoms. The zero-order valence-electron chi connectivity index (χ0n) is 10.5. The van der Waals surface area contributed by atoms with Gasteiger partial charge in [-0.15, -0.1) is 0 Å². The van der Waals surface area contributed by atoms with E-state index in [9.17, 15) is 4.79 Å². The Kier molecular flexibility index (Phi) is 4.97. The molecule has 0 saturated heterocycles. The number of hydrogen-bond acceptors (Lipinski definition) is 2. The molecule has 1 N–H and O–H groups in total. The molecule has 0 aliphatic rings. The summed E-state index contributed by atoms with van der Waals surface area (Å²) in [6.45, 7) is 0.480. The standard InChI is InChI=1S/C14H11IN4O/c15-12-3-1-2-10(8-12)9-17-14(20)11-4-6-13(7-5-11)18-19-16/h1-8H,9H2,(H,17,20). The van der Waals surface area contributed by atoms with Crippen LogP contribution in [0.1, 0.15) is 15.9 Å². The van der Waals surface area contributed by atoms with Crippen LogP contribution in [0.2, 0.25) is 0 Å². The van der Waals surface area contributed by atoms with Crippen molar-refractivity contribution in [1.29, 1.82) is 0 Å². The molecule has 6 heteroatoms. The molecule has 5 nitrogen and oxygen atoms in total. The minimum absolute atomic E-state index is 0.156. The molecule has 0 aliphatic carbocycles. The van der Waals surface area contributed by atoms with Gasteiger partial charge in [0.15, 0.2) is 0 Å². The van der Waals surface area contributed by atoms with Gasteiger partial charge in [-0.2, -0.15) is 0 Å². The summed E-state index contributed by atoms with van der Waals surface area (Å²) in [5, 5.41) is 6.31. The molecular weight excluding hydrogens is 367 g/mol. The van der Waals surface area contributed by atoms with Crippen molar-refractivity contribution in [2.75, 3.05) is 0 Å². The van der Waals surface area contributed by atoms with Gasteiger partial charge in [0.1, 0.15) is 0 Å². The number of rotatable bonds is 4. The normalized spacial score (nSPS) is 9.65. The number of carbonyl (C=O) groups excluding carboxylic acids is 1. The first-order valence-corrected chi connectivity index (χ1v) is 6.95. The highest BCUT2D eigenvalue weighted by Crippen LogP contribution is 2.13. The highest BCUT2D eigenvalue weighted by Gasteiger charge is 2.04. The Hall–Kier alpha value is -2.05. The first-order valence-electron chi connectivity index (χ1n) is 5.87. The van der Waals surface area contributed by atoms with Crippen molar-refractivity contribution in [2.45, 2.75) is 6.54 Å². The Morgan fingerprint density at radius 2 is 2.00 bits per heavy atom. The van der Waals surface area contributed by atoms with E-state index in [0.717, 1.165) is 9.13 Å². The van der Waals surface area contributed by atoms with Crippen LogP contribution in [0.15, 0.2) is 53.6 Å². The quantitative estimate of drug-likeness (QED) is 0.369. The summed E-state index contributed by atoms with van der Waals surface area (Å²) in [7, 11) is 0. The number of nitrogens with zero attached hydrogens (tertiary/aromatic N) is 3. The second kappa shape index (κ2) is 6.93. The van der Waals surface area contributed by atoms with Crippen molar-refractivity contribution in [1.82, 2.24) is 5.32 Å². The van der Waals surface area contributed by atoms with Gasteiger partial charge in [-0.25, -0.2) is 0 Å². The van der Waals surface area contributed by atoms with Crippen molar-refractivity contribution in [3.8, 4) is 0 Å². The molecule has 2 aromatic rings. The second-order valence-electron chi connectivity index (χ2n) is 4.05. The predicted molar refractivity (Wildman–Crippen MR) is 85.6 cm³/mol. The highest BCUT2D eigenvalue weighted by atomic mass is 127. The molecule has 0 atom stereocenters. The molecule has 2 rings (SSSR count). The predicted octanol–water partition coefficient (Wildman–Crippen LogP) is 4.16. The maximum absolute atomic E-state index is 12.0. The Balaban J connectivity index is 1.99. The monoisotopic (exact) mass is 378 g/mol. The van der Waals surface area contributed by atoms with Crippen LogP contribution >= 0.6 is 22.6 Å². The van der Waals surface area contributed by atoms with Crippen LogP contribution in [-0.2, 0) is 6.54 Å². The van der Waals surface area contributed by atoms with Crippen molar-refractivity contribution in [2.24, 2.45) is 5.11 Å². The molecule has 100 valence electrons. The summed E-state index contributed by atoms with van der Waals surface area (Å²) in [6, 6.07) is 14.4. The van der Waals surface area contributed by atoms with E-state index in [-0.39, 0.29) is 5.91 Å². The van der Waals surface area contributed by atoms with E-state index >= 15 is 0 Å². The molecule has 0 saturated carbocycles. The van der Waals surface area contributed by atoms with Crippen molar-refractivity contribution >= 4 is 34.2 Å². The smallest absolute Gasteiger partial charge is 0.251 e. The molecule has 20 heavy (non-hydrogen) atoms. The molecule has 0 aromatic heterocycles. The van der Waals surface area contributed by atoms with Gasteiger partial charge in [0.25, 0.3) is 5.91 Å². The summed E-state index contributed by atoms with van der Waals surface area (Å²) < 4.78 is 1.13. The number of amides is 1. The Labute approximate surface area is 129 Å². The van der Waals surface area contributed by atoms with Gasteiger partial charge < -0.3 is 5.32 Å². The van der Waals surface area contributed by atoms with Gasteiger partial charge in [0.2, 0.25) is 0 Å². The topological polar surface area (TPSA) is 77.9 Å². The van der Waals surface area contributed by atoms with E-state index in [1.54, 1.807) is 24.3 Å². The molecule has 0 unspecified atom stereocenters. The van der Waals surface area contributed by atoms with Crippen LogP contribution in [0.25, 0.3) is 10.4 Å². The molecule has 0 aliphatic heterocycles. The summed E-state index contributed by atoms with van der Waals surface area (Å²) in [5.74, 6) is -0.156. The van der Waals surface area contributed by atoms with E-state index < -0.39 is 0 Å². The first-order chi connectivity index (χ1) is 9.69. The van der Waals surface area contributed by atoms with Crippen molar-refractivity contribution < 1.29 is 4.79 Å². The average Bonchev–Trinajstić information content (AvgIpc) is 2.46. The molecule has 0 spiro atoms. The van der Waals surface area contributed by atoms with Gasteiger partial charge in [0, 0.05) is 26.3 Å². The number of halogens is 1. The average molecular weight is 378 g/mol. The third-order valence-electron chi connectivity index (χ3n) is 2.63. The summed E-state index contributed by atoms with van der Waals surface area (Å²) >= 11 is 2.23. The Bertz CT molecular complexity index is 663. The van der Waals surface area contributed by atoms with E-state index in [0.29, 0.717) is 17.8 Å². The minimum atomic E-state index is -0.156. The first kappa shape index (κ1) is 14.4. The maximum atomic E-state index is 12.0. The number of benzene rings is 2. The van der Waals surface area contributed by atoms with Crippen LogP contribution in [0.3, 0.4) is 0 Å². The van der Waals surface area contributed by atoms with Gasteiger partial charge in [0.05, 0.1) is 0 Å². The summed E-state index contributed by atoms with van der Waals surface area (Å²) in [6.07, 6.45) is 0. The number of azide groups is 1. The lowest BCUT2D eigenvalue weighted by molar-refractivity contribution is 0.0951. The molecule has 0 radical (unpaired) electrons. The number of carbonyl (C=O) groups is 1. The Morgan fingerprint density at radius 3 is 2.65 bits per heavy atom. The molecule has 0 fully saturated rings. The lowest BCUT2D eigenvalue weighted by Gasteiger charge is -2.06. The van der Waals surface area contributed by atoms with Gasteiger partial charge >= 0.3 is 0 Å². The number of nitrogens with one attached hydrogen (secondary N) is 1. The zero-order chi connectivity index (χ0) is 14.4. The zero-order valence-corrected chi connectivity index (χ0v) is 12.6. The maximum Gasteiger partial charge on any atom is 0.251 e. The van der Waals surface area contributed by atoms with E-state index in [4.69, 9.17) is 5.53 Å². The van der Waals surface area contributed by atoms with Crippen LogP contribution in [-0.4, -0.2) is 5.91 Å². The van der Waals surface area contributed by atoms with Crippen molar-refractivity contribution in [3.63, 3.8) is 0 Å². The molecule has 1 amide bonds. The largest absolute Gasteiger partial charge is 0.348 e. The van der Waals surface area contributed by atoms with Crippen LogP contribution in [0.5, 0.6) is 0 Å². The Morgan fingerprint density at radius 1 is 1.25 bits per heavy atom. The second-order valence-corrected chi connectivity index (χ2v) is 5.29. The van der Waals surface area contributed by atoms with Crippen LogP contribution < -0.4 is 5.32 Å². The van der Waals surface area contributed by atoms with E-state index in [2.05, 4.69) is 37.9 Å². The van der Waals surface area contributed by atoms with Gasteiger partial charge in [-0.1, -0.05) is 29.4 Å². The fourth-order valence-corrected chi connectivity index (χ4v) is 2.27. The molecule has 2 aromatic carbocycles. The lowest BCUT2D eigenvalue weighted by Crippen LogP contribution is -2.22. The van der Waals surface area contributed by atoms with E-state index in [1.165, 1.54) is 0 Å². The third-order valence-corrected chi connectivity index (χ3v) is 3.30. The lowest BCUT2D eigenvalue weighted by atomic mass is 10.2. The van der Waals surface area contributed by atoms with Crippen LogP contribution in [0.4, 0.5) is 5.69 Å².